The number of aldehydes is 1. The molecular formula is C15H24N2OS. The molecule has 3 nitrogen and oxygen atoms in total. The van der Waals surface area contributed by atoms with Crippen LogP contribution in [0.15, 0.2) is 0 Å². The van der Waals surface area contributed by atoms with Gasteiger partial charge in [0.25, 0.3) is 0 Å². The standard InChI is InChI=1S/C15H24N2OS/c1-10(2)13-12(9-18)19-14(16-13)17-7-6-11(8-17)15(3,4)5/h9-11H,6-8H2,1-5H3. The van der Waals surface area contributed by atoms with E-state index in [0.29, 0.717) is 17.3 Å². The lowest BCUT2D eigenvalue weighted by Gasteiger charge is -2.26. The van der Waals surface area contributed by atoms with E-state index < -0.39 is 0 Å². The van der Waals surface area contributed by atoms with Gasteiger partial charge in [-0.15, -0.1) is 0 Å². The Morgan fingerprint density at radius 3 is 2.53 bits per heavy atom. The summed E-state index contributed by atoms with van der Waals surface area (Å²) in [6.45, 7) is 13.2. The number of aromatic nitrogens is 1. The van der Waals surface area contributed by atoms with Crippen LogP contribution in [0.4, 0.5) is 5.13 Å². The van der Waals surface area contributed by atoms with E-state index in [-0.39, 0.29) is 0 Å². The zero-order chi connectivity index (χ0) is 14.2. The van der Waals surface area contributed by atoms with Gasteiger partial charge in [0.1, 0.15) is 0 Å². The first-order chi connectivity index (χ1) is 8.82. The fourth-order valence-electron chi connectivity index (χ4n) is 2.61. The summed E-state index contributed by atoms with van der Waals surface area (Å²) in [5.74, 6) is 1.02. The van der Waals surface area contributed by atoms with Crippen molar-refractivity contribution < 1.29 is 4.79 Å². The normalized spacial score (nSPS) is 20.3. The van der Waals surface area contributed by atoms with Crippen LogP contribution in [0.2, 0.25) is 0 Å². The first-order valence-electron chi connectivity index (χ1n) is 7.03. The smallest absolute Gasteiger partial charge is 0.186 e. The van der Waals surface area contributed by atoms with E-state index >= 15 is 0 Å². The van der Waals surface area contributed by atoms with Crippen molar-refractivity contribution >= 4 is 22.8 Å². The number of anilines is 1. The molecule has 2 rings (SSSR count). The molecule has 0 aromatic carbocycles. The maximum absolute atomic E-state index is 11.1. The lowest BCUT2D eigenvalue weighted by atomic mass is 9.80. The van der Waals surface area contributed by atoms with Gasteiger partial charge in [0, 0.05) is 13.1 Å². The maximum atomic E-state index is 11.1. The van der Waals surface area contributed by atoms with Crippen molar-refractivity contribution in [3.05, 3.63) is 10.6 Å². The maximum Gasteiger partial charge on any atom is 0.186 e. The molecule has 4 heteroatoms. The third kappa shape index (κ3) is 2.99. The number of hydrogen-bond donors (Lipinski definition) is 0. The van der Waals surface area contributed by atoms with Crippen LogP contribution in [0.5, 0.6) is 0 Å². The fraction of sp³-hybridized carbons (Fsp3) is 0.733. The summed E-state index contributed by atoms with van der Waals surface area (Å²) in [4.78, 5) is 19.0. The van der Waals surface area contributed by atoms with Crippen molar-refractivity contribution in [3.63, 3.8) is 0 Å². The average molecular weight is 280 g/mol. The molecular weight excluding hydrogens is 256 g/mol. The van der Waals surface area contributed by atoms with E-state index in [1.807, 2.05) is 0 Å². The Labute approximate surface area is 120 Å². The lowest BCUT2D eigenvalue weighted by Crippen LogP contribution is -2.25. The van der Waals surface area contributed by atoms with Crippen LogP contribution < -0.4 is 4.90 Å². The van der Waals surface area contributed by atoms with Crippen molar-refractivity contribution in [1.82, 2.24) is 4.98 Å². The third-order valence-corrected chi connectivity index (χ3v) is 5.06. The van der Waals surface area contributed by atoms with Gasteiger partial charge in [-0.2, -0.15) is 0 Å². The molecule has 0 spiro atoms. The highest BCUT2D eigenvalue weighted by Gasteiger charge is 2.33. The molecule has 1 unspecified atom stereocenters. The number of carbonyl (C=O) groups excluding carboxylic acids is 1. The molecule has 0 saturated carbocycles. The minimum atomic E-state index is 0.311. The van der Waals surface area contributed by atoms with Crippen LogP contribution in [-0.2, 0) is 0 Å². The van der Waals surface area contributed by atoms with Crippen LogP contribution in [0, 0.1) is 11.3 Å². The van der Waals surface area contributed by atoms with E-state index in [1.54, 1.807) is 11.3 Å². The SMILES string of the molecule is CC(C)c1nc(N2CCC(C(C)(C)C)C2)sc1C=O. The van der Waals surface area contributed by atoms with Crippen molar-refractivity contribution in [2.75, 3.05) is 18.0 Å². The molecule has 0 radical (unpaired) electrons. The van der Waals surface area contributed by atoms with Gasteiger partial charge in [-0.25, -0.2) is 4.98 Å². The summed E-state index contributed by atoms with van der Waals surface area (Å²) in [7, 11) is 0. The molecule has 0 N–H and O–H groups in total. The van der Waals surface area contributed by atoms with Gasteiger partial charge in [0.2, 0.25) is 0 Å². The number of thiazole rings is 1. The first-order valence-corrected chi connectivity index (χ1v) is 7.85. The van der Waals surface area contributed by atoms with Gasteiger partial charge in [-0.3, -0.25) is 4.79 Å². The summed E-state index contributed by atoms with van der Waals surface area (Å²) >= 11 is 1.54. The van der Waals surface area contributed by atoms with Crippen molar-refractivity contribution in [1.29, 1.82) is 0 Å². The summed E-state index contributed by atoms with van der Waals surface area (Å²) in [6, 6.07) is 0. The number of rotatable bonds is 3. The van der Waals surface area contributed by atoms with Gasteiger partial charge in [-0.1, -0.05) is 46.0 Å². The predicted octanol–water partition coefficient (Wildman–Crippen LogP) is 3.95. The number of nitrogens with zero attached hydrogens (tertiary/aromatic N) is 2. The van der Waals surface area contributed by atoms with Crippen LogP contribution in [0.3, 0.4) is 0 Å². The van der Waals surface area contributed by atoms with Gasteiger partial charge < -0.3 is 4.90 Å². The van der Waals surface area contributed by atoms with Gasteiger partial charge >= 0.3 is 0 Å². The van der Waals surface area contributed by atoms with E-state index in [4.69, 9.17) is 4.98 Å². The highest BCUT2D eigenvalue weighted by molar-refractivity contribution is 7.17. The van der Waals surface area contributed by atoms with Gasteiger partial charge in [-0.05, 0) is 23.7 Å². The lowest BCUT2D eigenvalue weighted by molar-refractivity contribution is 0.112. The summed E-state index contributed by atoms with van der Waals surface area (Å²) in [5.41, 5.74) is 1.30. The van der Waals surface area contributed by atoms with Crippen LogP contribution >= 0.6 is 11.3 Å². The topological polar surface area (TPSA) is 33.2 Å². The minimum absolute atomic E-state index is 0.311. The molecule has 1 saturated heterocycles. The van der Waals surface area contributed by atoms with Crippen molar-refractivity contribution in [2.24, 2.45) is 11.3 Å². The second kappa shape index (κ2) is 5.23. The summed E-state index contributed by atoms with van der Waals surface area (Å²) in [5, 5.41) is 1.03. The highest BCUT2D eigenvalue weighted by Crippen LogP contribution is 2.38. The molecule has 1 aliphatic heterocycles. The molecule has 106 valence electrons. The van der Waals surface area contributed by atoms with Gasteiger partial charge in [0.05, 0.1) is 10.6 Å². The van der Waals surface area contributed by atoms with Crippen LogP contribution in [-0.4, -0.2) is 24.4 Å². The Hall–Kier alpha value is -0.900. The van der Waals surface area contributed by atoms with E-state index in [0.717, 1.165) is 35.1 Å². The molecule has 1 aromatic heterocycles. The largest absolute Gasteiger partial charge is 0.348 e. The average Bonchev–Trinajstić information content (AvgIpc) is 2.94. The molecule has 1 atom stereocenters. The first kappa shape index (κ1) is 14.5. The molecule has 1 aromatic rings. The quantitative estimate of drug-likeness (QED) is 0.786. The zero-order valence-corrected chi connectivity index (χ0v) is 13.4. The molecule has 1 aliphatic rings. The number of hydrogen-bond acceptors (Lipinski definition) is 4. The predicted molar refractivity (Wildman–Crippen MR) is 81.4 cm³/mol. The fourth-order valence-corrected chi connectivity index (χ4v) is 3.68. The zero-order valence-electron chi connectivity index (χ0n) is 12.6. The van der Waals surface area contributed by atoms with Crippen molar-refractivity contribution in [2.45, 2.75) is 47.0 Å². The molecule has 1 fully saturated rings. The molecule has 0 bridgehead atoms. The Morgan fingerprint density at radius 2 is 2.11 bits per heavy atom. The molecule has 19 heavy (non-hydrogen) atoms. The minimum Gasteiger partial charge on any atom is -0.348 e. The summed E-state index contributed by atoms with van der Waals surface area (Å²) in [6.07, 6.45) is 2.17. The Morgan fingerprint density at radius 1 is 1.42 bits per heavy atom. The van der Waals surface area contributed by atoms with E-state index in [9.17, 15) is 4.79 Å². The molecule has 2 heterocycles. The van der Waals surface area contributed by atoms with Crippen LogP contribution in [0.1, 0.15) is 62.3 Å². The second-order valence-electron chi connectivity index (χ2n) is 6.82. The Bertz CT molecular complexity index is 459. The molecule has 0 aliphatic carbocycles. The van der Waals surface area contributed by atoms with E-state index in [2.05, 4.69) is 39.5 Å². The van der Waals surface area contributed by atoms with Crippen LogP contribution in [0.25, 0.3) is 0 Å². The Kier molecular flexibility index (Phi) is 4.00. The second-order valence-corrected chi connectivity index (χ2v) is 7.83. The Balaban J connectivity index is 2.18. The monoisotopic (exact) mass is 280 g/mol. The van der Waals surface area contributed by atoms with Crippen molar-refractivity contribution in [3.8, 4) is 0 Å². The molecule has 0 amide bonds. The number of carbonyl (C=O) groups is 1. The third-order valence-electron chi connectivity index (χ3n) is 4.01. The highest BCUT2D eigenvalue weighted by atomic mass is 32.1. The summed E-state index contributed by atoms with van der Waals surface area (Å²) < 4.78 is 0. The van der Waals surface area contributed by atoms with E-state index in [1.165, 1.54) is 6.42 Å². The van der Waals surface area contributed by atoms with Gasteiger partial charge in [0.15, 0.2) is 11.4 Å².